The highest BCUT2D eigenvalue weighted by Crippen LogP contribution is 2.39. The molecule has 2 aliphatic rings. The van der Waals surface area contributed by atoms with Gasteiger partial charge in [-0.2, -0.15) is 0 Å². The fourth-order valence-corrected chi connectivity index (χ4v) is 5.87. The maximum atomic E-state index is 14.4. The minimum absolute atomic E-state index is 0.0603. The second-order valence-corrected chi connectivity index (χ2v) is 10.4. The van der Waals surface area contributed by atoms with Crippen molar-refractivity contribution in [2.24, 2.45) is 0 Å². The van der Waals surface area contributed by atoms with Gasteiger partial charge in [-0.25, -0.2) is 4.39 Å². The molecule has 4 aromatic rings. The number of thiocarbonyl (C=S) groups is 1. The number of halogens is 1. The number of hydrogen-bond acceptors (Lipinski definition) is 6. The topological polar surface area (TPSA) is 72.8 Å². The third-order valence-electron chi connectivity index (χ3n) is 6.40. The van der Waals surface area contributed by atoms with Gasteiger partial charge in [0.1, 0.15) is 12.4 Å². The summed E-state index contributed by atoms with van der Waals surface area (Å²) < 4.78 is 27.3. The van der Waals surface area contributed by atoms with Crippen LogP contribution in [0.25, 0.3) is 17.0 Å². The minimum Gasteiger partial charge on any atom is -0.454 e. The van der Waals surface area contributed by atoms with Crippen molar-refractivity contribution in [1.82, 2.24) is 4.57 Å². The quantitative estimate of drug-likeness (QED) is 0.250. The van der Waals surface area contributed by atoms with Gasteiger partial charge in [-0.1, -0.05) is 54.3 Å². The number of para-hydroxylation sites is 2. The summed E-state index contributed by atoms with van der Waals surface area (Å²) in [5.41, 5.74) is 3.18. The van der Waals surface area contributed by atoms with Crippen molar-refractivity contribution >= 4 is 68.5 Å². The number of carbonyl (C=O) groups is 2. The second kappa shape index (κ2) is 9.62. The first-order valence-electron chi connectivity index (χ1n) is 11.7. The third kappa shape index (κ3) is 4.21. The maximum absolute atomic E-state index is 14.4. The average Bonchev–Trinajstić information content (AvgIpc) is 3.56. The van der Waals surface area contributed by atoms with Crippen LogP contribution < -0.4 is 19.7 Å². The molecule has 3 aromatic carbocycles. The highest BCUT2D eigenvalue weighted by molar-refractivity contribution is 8.27. The first kappa shape index (κ1) is 24.2. The summed E-state index contributed by atoms with van der Waals surface area (Å²) in [5.74, 6) is 0.0963. The lowest BCUT2D eigenvalue weighted by atomic mass is 10.1. The summed E-state index contributed by atoms with van der Waals surface area (Å²) in [6, 6.07) is 19.0. The SMILES string of the molecule is Cc1c(/C=C2/SC(=S)N(c3ccccc3F)C2=O)c2ccccc2n1CC(=O)Nc1ccc2c(c1)OCO2. The van der Waals surface area contributed by atoms with E-state index in [0.717, 1.165) is 33.9 Å². The summed E-state index contributed by atoms with van der Waals surface area (Å²) in [7, 11) is 0. The van der Waals surface area contributed by atoms with E-state index in [1.165, 1.54) is 17.0 Å². The van der Waals surface area contributed by atoms with Gasteiger partial charge in [0.05, 0.1) is 10.6 Å². The molecule has 1 aromatic heterocycles. The lowest BCUT2D eigenvalue weighted by Crippen LogP contribution is -2.28. The number of fused-ring (bicyclic) bond motifs is 2. The summed E-state index contributed by atoms with van der Waals surface area (Å²) in [6.07, 6.45) is 1.77. The lowest BCUT2D eigenvalue weighted by Gasteiger charge is -2.14. The minimum atomic E-state index is -0.522. The molecule has 0 bridgehead atoms. The van der Waals surface area contributed by atoms with Gasteiger partial charge in [0.2, 0.25) is 12.7 Å². The number of nitrogens with zero attached hydrogens (tertiary/aromatic N) is 2. The van der Waals surface area contributed by atoms with Crippen LogP contribution in [0.1, 0.15) is 11.3 Å². The van der Waals surface area contributed by atoms with Crippen molar-refractivity contribution in [2.75, 3.05) is 17.0 Å². The van der Waals surface area contributed by atoms with E-state index in [1.807, 2.05) is 35.8 Å². The van der Waals surface area contributed by atoms with Gasteiger partial charge in [-0.3, -0.25) is 14.5 Å². The van der Waals surface area contributed by atoms with Gasteiger partial charge in [0.15, 0.2) is 15.8 Å². The van der Waals surface area contributed by atoms with Crippen molar-refractivity contribution in [2.45, 2.75) is 13.5 Å². The van der Waals surface area contributed by atoms with Crippen LogP contribution in [0.2, 0.25) is 0 Å². The standard InChI is InChI=1S/C28H20FN3O4S2/c1-16-19(13-25-27(34)32(28(37)38-25)22-9-5-3-7-20(22)29)18-6-2-4-8-21(18)31(16)14-26(33)30-17-10-11-23-24(12-17)36-15-35-23/h2-13H,14-15H2,1H3,(H,30,33)/b25-13+. The summed E-state index contributed by atoms with van der Waals surface area (Å²) in [4.78, 5) is 27.9. The number of benzene rings is 3. The summed E-state index contributed by atoms with van der Waals surface area (Å²) in [6.45, 7) is 2.12. The Morgan fingerprint density at radius 2 is 1.87 bits per heavy atom. The number of ether oxygens (including phenoxy) is 2. The fourth-order valence-electron chi connectivity index (χ4n) is 4.60. The molecular formula is C28H20FN3O4S2. The molecule has 0 aliphatic carbocycles. The average molecular weight is 546 g/mol. The Morgan fingerprint density at radius 3 is 2.71 bits per heavy atom. The van der Waals surface area contributed by atoms with Crippen molar-refractivity contribution in [3.05, 3.63) is 88.7 Å². The smallest absolute Gasteiger partial charge is 0.270 e. The zero-order valence-corrected chi connectivity index (χ0v) is 21.7. The van der Waals surface area contributed by atoms with Crippen molar-refractivity contribution < 1.29 is 23.5 Å². The molecule has 1 fully saturated rings. The normalized spacial score (nSPS) is 15.6. The molecule has 190 valence electrons. The van der Waals surface area contributed by atoms with Crippen molar-refractivity contribution in [3.8, 4) is 11.5 Å². The van der Waals surface area contributed by atoms with E-state index in [9.17, 15) is 14.0 Å². The van der Waals surface area contributed by atoms with E-state index in [2.05, 4.69) is 5.32 Å². The molecule has 6 rings (SSSR count). The van der Waals surface area contributed by atoms with Crippen LogP contribution in [0.5, 0.6) is 11.5 Å². The van der Waals surface area contributed by atoms with E-state index in [-0.39, 0.29) is 35.2 Å². The van der Waals surface area contributed by atoms with Crippen LogP contribution in [0.4, 0.5) is 15.8 Å². The highest BCUT2D eigenvalue weighted by Gasteiger charge is 2.35. The first-order chi connectivity index (χ1) is 18.4. The number of nitrogens with one attached hydrogen (secondary N) is 1. The number of carbonyl (C=O) groups excluding carboxylic acids is 2. The predicted octanol–water partition coefficient (Wildman–Crippen LogP) is 5.86. The molecule has 0 saturated carbocycles. The monoisotopic (exact) mass is 545 g/mol. The Labute approximate surface area is 226 Å². The van der Waals surface area contributed by atoms with E-state index < -0.39 is 5.82 Å². The van der Waals surface area contributed by atoms with Gasteiger partial charge in [-0.15, -0.1) is 0 Å². The highest BCUT2D eigenvalue weighted by atomic mass is 32.2. The number of anilines is 2. The Bertz CT molecular complexity index is 1680. The van der Waals surface area contributed by atoms with Crippen LogP contribution in [0, 0.1) is 12.7 Å². The molecule has 2 amide bonds. The molecule has 0 atom stereocenters. The molecule has 1 N–H and O–H groups in total. The molecule has 0 spiro atoms. The molecule has 0 radical (unpaired) electrons. The zero-order valence-electron chi connectivity index (χ0n) is 20.1. The van der Waals surface area contributed by atoms with E-state index >= 15 is 0 Å². The molecular weight excluding hydrogens is 525 g/mol. The Morgan fingerprint density at radius 1 is 1.11 bits per heavy atom. The molecule has 0 unspecified atom stereocenters. The first-order valence-corrected chi connectivity index (χ1v) is 12.9. The number of hydrogen-bond donors (Lipinski definition) is 1. The molecule has 38 heavy (non-hydrogen) atoms. The fraction of sp³-hybridized carbons (Fsp3) is 0.107. The van der Waals surface area contributed by atoms with Gasteiger partial charge < -0.3 is 19.4 Å². The number of amides is 2. The van der Waals surface area contributed by atoms with Gasteiger partial charge in [0, 0.05) is 33.9 Å². The maximum Gasteiger partial charge on any atom is 0.270 e. The van der Waals surface area contributed by atoms with Gasteiger partial charge >= 0.3 is 0 Å². The van der Waals surface area contributed by atoms with Crippen LogP contribution in [0.3, 0.4) is 0 Å². The van der Waals surface area contributed by atoms with Crippen molar-refractivity contribution in [1.29, 1.82) is 0 Å². The Kier molecular flexibility index (Phi) is 6.13. The van der Waals surface area contributed by atoms with Crippen LogP contribution in [0.15, 0.2) is 71.6 Å². The van der Waals surface area contributed by atoms with Crippen LogP contribution in [-0.4, -0.2) is 27.5 Å². The second-order valence-electron chi connectivity index (χ2n) is 8.69. The van der Waals surface area contributed by atoms with E-state index in [0.29, 0.717) is 22.1 Å². The Balaban J connectivity index is 1.31. The van der Waals surface area contributed by atoms with Crippen molar-refractivity contribution in [3.63, 3.8) is 0 Å². The third-order valence-corrected chi connectivity index (χ3v) is 7.70. The summed E-state index contributed by atoms with van der Waals surface area (Å²) in [5, 5.41) is 3.79. The Hall–Kier alpha value is -4.15. The molecule has 1 saturated heterocycles. The predicted molar refractivity (Wildman–Crippen MR) is 150 cm³/mol. The van der Waals surface area contributed by atoms with Gasteiger partial charge in [-0.05, 0) is 43.3 Å². The molecule has 7 nitrogen and oxygen atoms in total. The number of rotatable bonds is 5. The van der Waals surface area contributed by atoms with Crippen LogP contribution >= 0.6 is 24.0 Å². The molecule has 2 aliphatic heterocycles. The zero-order chi connectivity index (χ0) is 26.4. The summed E-state index contributed by atoms with van der Waals surface area (Å²) >= 11 is 6.54. The number of aromatic nitrogens is 1. The van der Waals surface area contributed by atoms with Crippen LogP contribution in [-0.2, 0) is 16.1 Å². The number of thioether (sulfide) groups is 1. The van der Waals surface area contributed by atoms with E-state index in [4.69, 9.17) is 21.7 Å². The molecule has 3 heterocycles. The van der Waals surface area contributed by atoms with E-state index in [1.54, 1.807) is 36.4 Å². The molecule has 10 heteroatoms. The lowest BCUT2D eigenvalue weighted by molar-refractivity contribution is -0.116. The van der Waals surface area contributed by atoms with Gasteiger partial charge in [0.25, 0.3) is 5.91 Å². The largest absolute Gasteiger partial charge is 0.454 e.